The van der Waals surface area contributed by atoms with Gasteiger partial charge >= 0.3 is 0 Å². The van der Waals surface area contributed by atoms with E-state index in [0.717, 1.165) is 17.0 Å². The van der Waals surface area contributed by atoms with Gasteiger partial charge in [-0.1, -0.05) is 24.3 Å². The predicted molar refractivity (Wildman–Crippen MR) is 124 cm³/mol. The van der Waals surface area contributed by atoms with Gasteiger partial charge in [0.1, 0.15) is 11.5 Å². The van der Waals surface area contributed by atoms with Crippen LogP contribution < -0.4 is 15.2 Å². The Labute approximate surface area is 185 Å². The number of hydrogen-bond donors (Lipinski definition) is 1. The molecule has 2 heterocycles. The number of aromatic nitrogens is 2. The summed E-state index contributed by atoms with van der Waals surface area (Å²) in [6.45, 7) is 0. The minimum atomic E-state index is -0.450. The van der Waals surface area contributed by atoms with Gasteiger partial charge in [-0.2, -0.15) is 0 Å². The Morgan fingerprint density at radius 1 is 0.750 bits per heavy atom. The number of pyridine rings is 2. The Morgan fingerprint density at radius 3 is 1.78 bits per heavy atom. The molecule has 2 aromatic heterocycles. The average molecular weight is 430 g/mol. The molecule has 162 valence electrons. The second-order valence-corrected chi connectivity index (χ2v) is 6.47. The van der Waals surface area contributed by atoms with Gasteiger partial charge in [-0.05, 0) is 42.5 Å². The zero-order chi connectivity index (χ0) is 22.9. The Balaban J connectivity index is 0.000000182. The fourth-order valence-corrected chi connectivity index (χ4v) is 3.07. The molecule has 0 aliphatic heterocycles. The number of ether oxygens (including phenoxy) is 2. The van der Waals surface area contributed by atoms with Gasteiger partial charge < -0.3 is 15.2 Å². The molecule has 0 saturated carbocycles. The lowest BCUT2D eigenvalue weighted by molar-refractivity contribution is -0.384. The van der Waals surface area contributed by atoms with E-state index >= 15 is 0 Å². The topological polar surface area (TPSA) is 113 Å². The zero-order valence-electron chi connectivity index (χ0n) is 17.6. The normalized spacial score (nSPS) is 9.94. The van der Waals surface area contributed by atoms with Crippen LogP contribution >= 0.6 is 0 Å². The highest BCUT2D eigenvalue weighted by Gasteiger charge is 2.18. The third-order valence-corrected chi connectivity index (χ3v) is 4.55. The van der Waals surface area contributed by atoms with Crippen molar-refractivity contribution in [2.24, 2.45) is 0 Å². The predicted octanol–water partition coefficient (Wildman–Crippen LogP) is 5.00. The zero-order valence-corrected chi connectivity index (χ0v) is 17.6. The van der Waals surface area contributed by atoms with E-state index < -0.39 is 4.92 Å². The number of rotatable bonds is 5. The van der Waals surface area contributed by atoms with E-state index in [9.17, 15) is 10.1 Å². The van der Waals surface area contributed by atoms with Crippen molar-refractivity contribution in [1.82, 2.24) is 9.97 Å². The highest BCUT2D eigenvalue weighted by Crippen LogP contribution is 2.34. The molecule has 0 aliphatic carbocycles. The van der Waals surface area contributed by atoms with Gasteiger partial charge in [0, 0.05) is 29.6 Å². The number of para-hydroxylation sites is 2. The maximum Gasteiger partial charge on any atom is 0.295 e. The molecule has 0 bridgehead atoms. The van der Waals surface area contributed by atoms with Crippen LogP contribution in [-0.2, 0) is 0 Å². The Morgan fingerprint density at radius 2 is 1.25 bits per heavy atom. The summed E-state index contributed by atoms with van der Waals surface area (Å²) in [5.74, 6) is 1.34. The van der Waals surface area contributed by atoms with Crippen molar-refractivity contribution in [1.29, 1.82) is 0 Å². The van der Waals surface area contributed by atoms with Crippen molar-refractivity contribution < 1.29 is 14.4 Å². The maximum absolute atomic E-state index is 10.9. The molecule has 32 heavy (non-hydrogen) atoms. The molecule has 4 rings (SSSR count). The van der Waals surface area contributed by atoms with Crippen molar-refractivity contribution in [3.05, 3.63) is 95.3 Å². The second kappa shape index (κ2) is 10.5. The first-order valence-corrected chi connectivity index (χ1v) is 9.63. The largest absolute Gasteiger partial charge is 0.496 e. The molecular weight excluding hydrogens is 408 g/mol. The first kappa shape index (κ1) is 22.2. The summed E-state index contributed by atoms with van der Waals surface area (Å²) in [6.07, 6.45) is 3.24. The van der Waals surface area contributed by atoms with Crippen LogP contribution in [0.2, 0.25) is 0 Å². The van der Waals surface area contributed by atoms with Gasteiger partial charge in [-0.3, -0.25) is 15.1 Å². The van der Waals surface area contributed by atoms with E-state index in [4.69, 9.17) is 15.2 Å². The highest BCUT2D eigenvalue weighted by molar-refractivity contribution is 5.77. The fraction of sp³-hybridized carbons (Fsp3) is 0.0833. The van der Waals surface area contributed by atoms with E-state index in [0.29, 0.717) is 22.7 Å². The summed E-state index contributed by atoms with van der Waals surface area (Å²) in [4.78, 5) is 18.8. The molecule has 0 atom stereocenters. The van der Waals surface area contributed by atoms with E-state index in [1.165, 1.54) is 25.4 Å². The fourth-order valence-electron chi connectivity index (χ4n) is 3.07. The van der Waals surface area contributed by atoms with Crippen LogP contribution in [0.25, 0.3) is 22.5 Å². The first-order valence-electron chi connectivity index (χ1n) is 9.63. The van der Waals surface area contributed by atoms with E-state index in [1.54, 1.807) is 37.6 Å². The van der Waals surface area contributed by atoms with Crippen LogP contribution in [0.1, 0.15) is 0 Å². The first-order chi connectivity index (χ1) is 15.6. The molecule has 0 radical (unpaired) electrons. The number of nitrogen functional groups attached to an aromatic ring is 1. The number of methoxy groups -OCH3 is 2. The van der Waals surface area contributed by atoms with Gasteiger partial charge in [-0.25, -0.2) is 4.98 Å². The third kappa shape index (κ3) is 4.99. The van der Waals surface area contributed by atoms with Crippen LogP contribution in [0, 0.1) is 10.1 Å². The Hall–Kier alpha value is -4.46. The standard InChI is InChI=1S/C12H10N2O3.C12H12N2O/c1-17-11-7-3-2-5-9(11)12-10(14(15)16)6-4-8-13-12;1-15-11-7-3-2-5-9(11)12-10(13)6-4-8-14-12/h2-8H,1H3;2-8H,13H2,1H3. The third-order valence-electron chi connectivity index (χ3n) is 4.55. The molecule has 2 aromatic carbocycles. The van der Waals surface area contributed by atoms with Crippen molar-refractivity contribution in [2.45, 2.75) is 0 Å². The second-order valence-electron chi connectivity index (χ2n) is 6.47. The van der Waals surface area contributed by atoms with Crippen molar-refractivity contribution >= 4 is 11.4 Å². The van der Waals surface area contributed by atoms with Crippen molar-refractivity contribution in [2.75, 3.05) is 20.0 Å². The van der Waals surface area contributed by atoms with E-state index in [2.05, 4.69) is 9.97 Å². The SMILES string of the molecule is COc1ccccc1-c1ncccc1N.COc1ccccc1-c1ncccc1[N+](=O)[O-]. The quantitative estimate of drug-likeness (QED) is 0.350. The average Bonchev–Trinajstić information content (AvgIpc) is 2.84. The van der Waals surface area contributed by atoms with Crippen molar-refractivity contribution in [3.63, 3.8) is 0 Å². The van der Waals surface area contributed by atoms with Gasteiger partial charge in [0.15, 0.2) is 5.69 Å². The molecular formula is C24H22N4O4. The number of hydrogen-bond acceptors (Lipinski definition) is 7. The summed E-state index contributed by atoms with van der Waals surface area (Å²) < 4.78 is 10.4. The lowest BCUT2D eigenvalue weighted by Gasteiger charge is -2.08. The van der Waals surface area contributed by atoms with E-state index in [-0.39, 0.29) is 5.69 Å². The number of benzene rings is 2. The number of anilines is 1. The van der Waals surface area contributed by atoms with Gasteiger partial charge in [0.2, 0.25) is 0 Å². The summed E-state index contributed by atoms with van der Waals surface area (Å²) in [6, 6.07) is 21.4. The lowest BCUT2D eigenvalue weighted by atomic mass is 10.1. The molecule has 2 N–H and O–H groups in total. The van der Waals surface area contributed by atoms with Gasteiger partial charge in [0.05, 0.1) is 30.5 Å². The molecule has 0 amide bonds. The van der Waals surface area contributed by atoms with Crippen LogP contribution in [0.3, 0.4) is 0 Å². The molecule has 8 heteroatoms. The van der Waals surface area contributed by atoms with Crippen LogP contribution in [0.15, 0.2) is 85.2 Å². The molecule has 0 spiro atoms. The monoisotopic (exact) mass is 430 g/mol. The Bertz CT molecular complexity index is 1210. The summed E-state index contributed by atoms with van der Waals surface area (Å²) in [5.41, 5.74) is 9.08. The van der Waals surface area contributed by atoms with Crippen LogP contribution in [0.5, 0.6) is 11.5 Å². The van der Waals surface area contributed by atoms with E-state index in [1.807, 2.05) is 36.4 Å². The van der Waals surface area contributed by atoms with Gasteiger partial charge in [0.25, 0.3) is 5.69 Å². The minimum Gasteiger partial charge on any atom is -0.496 e. The molecule has 0 unspecified atom stereocenters. The summed E-state index contributed by atoms with van der Waals surface area (Å²) in [5, 5.41) is 10.9. The van der Waals surface area contributed by atoms with Gasteiger partial charge in [-0.15, -0.1) is 0 Å². The maximum atomic E-state index is 10.9. The smallest absolute Gasteiger partial charge is 0.295 e. The molecule has 0 aliphatic rings. The number of nitro groups is 1. The number of nitrogens with zero attached hydrogens (tertiary/aromatic N) is 3. The molecule has 0 saturated heterocycles. The molecule has 0 fully saturated rings. The van der Waals surface area contributed by atoms with Crippen molar-refractivity contribution in [3.8, 4) is 34.0 Å². The molecule has 8 nitrogen and oxygen atoms in total. The summed E-state index contributed by atoms with van der Waals surface area (Å²) >= 11 is 0. The number of nitrogens with two attached hydrogens (primary N) is 1. The highest BCUT2D eigenvalue weighted by atomic mass is 16.6. The Kier molecular flexibility index (Phi) is 7.32. The van der Waals surface area contributed by atoms with Crippen LogP contribution in [-0.4, -0.2) is 29.1 Å². The lowest BCUT2D eigenvalue weighted by Crippen LogP contribution is -1.96. The minimum absolute atomic E-state index is 0.0306. The van der Waals surface area contributed by atoms with Crippen LogP contribution in [0.4, 0.5) is 11.4 Å². The molecule has 4 aromatic rings. The summed E-state index contributed by atoms with van der Waals surface area (Å²) in [7, 11) is 3.16.